The number of fused-ring (bicyclic) bond motifs is 1. The van der Waals surface area contributed by atoms with E-state index in [2.05, 4.69) is 15.4 Å². The number of halogens is 1. The third kappa shape index (κ3) is 8.52. The van der Waals surface area contributed by atoms with E-state index in [-0.39, 0.29) is 34.0 Å². The standard InChI is InChI=1S/C36H37FN6O8S/c1-21(23-7-12-26(37)13-8-23)32(44)39-27-14-9-24(10-15-27)25-11-18-31-40-34(41-42(31)20-25)43(35(46)51-22(2)50-33(45)36(3,4)38)29-17-16-28(52(6,47)48)19-30(29)49-5/h7-22H,38H2,1-6H3,(H,39,44)/t21-,22?/m1/s1. The maximum atomic E-state index is 13.7. The third-order valence-corrected chi connectivity index (χ3v) is 8.95. The van der Waals surface area contributed by atoms with Crippen LogP contribution in [0.25, 0.3) is 16.8 Å². The Balaban J connectivity index is 1.43. The van der Waals surface area contributed by atoms with Crippen molar-refractivity contribution in [3.05, 3.63) is 96.4 Å². The van der Waals surface area contributed by atoms with Gasteiger partial charge in [0.1, 0.15) is 17.1 Å². The Kier molecular flexibility index (Phi) is 10.6. The Morgan fingerprint density at radius 1 is 0.942 bits per heavy atom. The minimum atomic E-state index is -3.64. The molecule has 0 saturated heterocycles. The molecule has 0 spiro atoms. The number of benzene rings is 3. The van der Waals surface area contributed by atoms with E-state index < -0.39 is 39.6 Å². The molecule has 5 aromatic rings. The molecule has 0 fully saturated rings. The van der Waals surface area contributed by atoms with Crippen LogP contribution in [0.1, 0.15) is 39.2 Å². The van der Waals surface area contributed by atoms with E-state index in [1.165, 1.54) is 62.7 Å². The summed E-state index contributed by atoms with van der Waals surface area (Å²) >= 11 is 0. The number of esters is 1. The number of rotatable bonds is 11. The molecule has 5 rings (SSSR count). The monoisotopic (exact) mass is 732 g/mol. The summed E-state index contributed by atoms with van der Waals surface area (Å²) in [4.78, 5) is 44.3. The second kappa shape index (κ2) is 14.8. The molecule has 16 heteroatoms. The minimum Gasteiger partial charge on any atom is -0.495 e. The van der Waals surface area contributed by atoms with Crippen LogP contribution < -0.4 is 20.7 Å². The number of nitrogens with two attached hydrogens (primary N) is 1. The lowest BCUT2D eigenvalue weighted by Crippen LogP contribution is -2.45. The molecule has 1 unspecified atom stereocenters. The van der Waals surface area contributed by atoms with Crippen LogP contribution in [0.2, 0.25) is 0 Å². The maximum Gasteiger partial charge on any atom is 0.424 e. The largest absolute Gasteiger partial charge is 0.495 e. The maximum absolute atomic E-state index is 13.7. The second-order valence-corrected chi connectivity index (χ2v) is 14.5. The molecular weight excluding hydrogens is 695 g/mol. The average Bonchev–Trinajstić information content (AvgIpc) is 3.50. The molecule has 272 valence electrons. The molecule has 0 aliphatic rings. The van der Waals surface area contributed by atoms with Gasteiger partial charge in [-0.25, -0.2) is 31.8 Å². The first kappa shape index (κ1) is 37.4. The number of carbonyl (C=O) groups excluding carboxylic acids is 3. The van der Waals surface area contributed by atoms with E-state index in [1.807, 2.05) is 0 Å². The lowest BCUT2D eigenvalue weighted by Gasteiger charge is -2.24. The van der Waals surface area contributed by atoms with Gasteiger partial charge in [0.25, 0.3) is 5.95 Å². The lowest BCUT2D eigenvalue weighted by molar-refractivity contribution is -0.169. The first-order valence-corrected chi connectivity index (χ1v) is 17.8. The molecule has 2 heterocycles. The number of amides is 2. The molecule has 2 amide bonds. The van der Waals surface area contributed by atoms with Crippen LogP contribution in [-0.2, 0) is 28.9 Å². The number of hydrogen-bond donors (Lipinski definition) is 2. The zero-order valence-electron chi connectivity index (χ0n) is 29.2. The molecule has 0 aliphatic heterocycles. The molecule has 2 atom stereocenters. The Hall–Kier alpha value is -5.87. The molecular formula is C36H37FN6O8S. The van der Waals surface area contributed by atoms with E-state index in [1.54, 1.807) is 61.7 Å². The fourth-order valence-corrected chi connectivity index (χ4v) is 5.55. The number of nitrogens with zero attached hydrogens (tertiary/aromatic N) is 4. The van der Waals surface area contributed by atoms with Gasteiger partial charge in [-0.1, -0.05) is 24.3 Å². The SMILES string of the molecule is COc1cc(S(C)(=O)=O)ccc1N(C(=O)OC(C)OC(=O)C(C)(C)N)c1nc2ccc(-c3ccc(NC(=O)[C@H](C)c4ccc(F)cc4)cc3)cn2n1. The van der Waals surface area contributed by atoms with Crippen molar-refractivity contribution in [1.29, 1.82) is 0 Å². The normalized spacial score (nSPS) is 12.8. The van der Waals surface area contributed by atoms with Crippen molar-refractivity contribution in [1.82, 2.24) is 14.6 Å². The number of carbonyl (C=O) groups is 3. The first-order chi connectivity index (χ1) is 24.4. The van der Waals surface area contributed by atoms with Crippen LogP contribution in [0.15, 0.2) is 90.0 Å². The molecule has 2 aromatic heterocycles. The number of pyridine rings is 1. The van der Waals surface area contributed by atoms with E-state index in [0.717, 1.165) is 22.3 Å². The molecule has 0 aliphatic carbocycles. The number of hydrogen-bond acceptors (Lipinski definition) is 11. The minimum absolute atomic E-state index is 0.00796. The fraction of sp³-hybridized carbons (Fsp3) is 0.250. The van der Waals surface area contributed by atoms with Gasteiger partial charge in [-0.05, 0) is 80.4 Å². The van der Waals surface area contributed by atoms with Crippen molar-refractivity contribution in [2.75, 3.05) is 23.6 Å². The van der Waals surface area contributed by atoms with Crippen LogP contribution in [0.4, 0.5) is 26.5 Å². The number of ether oxygens (including phenoxy) is 3. The second-order valence-electron chi connectivity index (χ2n) is 12.5. The van der Waals surface area contributed by atoms with Crippen molar-refractivity contribution in [2.45, 2.75) is 50.3 Å². The van der Waals surface area contributed by atoms with Crippen molar-refractivity contribution < 1.29 is 41.4 Å². The summed E-state index contributed by atoms with van der Waals surface area (Å²) in [5.41, 5.74) is 7.56. The van der Waals surface area contributed by atoms with Crippen molar-refractivity contribution in [3.63, 3.8) is 0 Å². The molecule has 3 N–H and O–H groups in total. The molecule has 3 aromatic carbocycles. The van der Waals surface area contributed by atoms with Crippen molar-refractivity contribution in [3.8, 4) is 16.9 Å². The number of aromatic nitrogens is 3. The predicted octanol–water partition coefficient (Wildman–Crippen LogP) is 5.59. The zero-order chi connectivity index (χ0) is 38.0. The van der Waals surface area contributed by atoms with Crippen LogP contribution in [0.5, 0.6) is 5.75 Å². The van der Waals surface area contributed by atoms with E-state index >= 15 is 0 Å². The summed E-state index contributed by atoms with van der Waals surface area (Å²) in [6, 6.07) is 20.2. The summed E-state index contributed by atoms with van der Waals surface area (Å²) in [6.07, 6.45) is 0.262. The summed E-state index contributed by atoms with van der Waals surface area (Å²) in [6.45, 7) is 5.93. The summed E-state index contributed by atoms with van der Waals surface area (Å²) in [5, 5.41) is 7.38. The molecule has 0 bridgehead atoms. The Morgan fingerprint density at radius 2 is 1.60 bits per heavy atom. The van der Waals surface area contributed by atoms with Gasteiger partial charge in [-0.15, -0.1) is 5.10 Å². The fourth-order valence-electron chi connectivity index (χ4n) is 4.92. The van der Waals surface area contributed by atoms with E-state index in [9.17, 15) is 27.2 Å². The van der Waals surface area contributed by atoms with Gasteiger partial charge in [-0.3, -0.25) is 4.79 Å². The van der Waals surface area contributed by atoms with Crippen molar-refractivity contribution in [2.24, 2.45) is 5.73 Å². The van der Waals surface area contributed by atoms with Crippen LogP contribution in [0.3, 0.4) is 0 Å². The summed E-state index contributed by atoms with van der Waals surface area (Å²) < 4.78 is 55.3. The van der Waals surface area contributed by atoms with Crippen LogP contribution in [-0.4, -0.2) is 66.2 Å². The molecule has 14 nitrogen and oxygen atoms in total. The zero-order valence-corrected chi connectivity index (χ0v) is 30.0. The van der Waals surface area contributed by atoms with E-state index in [0.29, 0.717) is 16.9 Å². The molecule has 0 saturated carbocycles. The molecule has 52 heavy (non-hydrogen) atoms. The van der Waals surface area contributed by atoms with Gasteiger partial charge in [0.05, 0.1) is 23.6 Å². The van der Waals surface area contributed by atoms with Gasteiger partial charge < -0.3 is 25.3 Å². The smallest absolute Gasteiger partial charge is 0.424 e. The Labute approximate surface area is 299 Å². The number of sulfone groups is 1. The summed E-state index contributed by atoms with van der Waals surface area (Å²) in [5.74, 6) is -2.13. The molecule has 0 radical (unpaired) electrons. The van der Waals surface area contributed by atoms with Gasteiger partial charge in [0.2, 0.25) is 12.2 Å². The van der Waals surface area contributed by atoms with E-state index in [4.69, 9.17) is 19.9 Å². The first-order valence-electron chi connectivity index (χ1n) is 15.9. The van der Waals surface area contributed by atoms with Crippen LogP contribution >= 0.6 is 0 Å². The highest BCUT2D eigenvalue weighted by molar-refractivity contribution is 7.90. The average molecular weight is 733 g/mol. The van der Waals surface area contributed by atoms with Gasteiger partial charge in [0, 0.05) is 36.7 Å². The van der Waals surface area contributed by atoms with Gasteiger partial charge >= 0.3 is 12.1 Å². The highest BCUT2D eigenvalue weighted by Gasteiger charge is 2.32. The predicted molar refractivity (Wildman–Crippen MR) is 190 cm³/mol. The van der Waals surface area contributed by atoms with Crippen LogP contribution in [0, 0.1) is 5.82 Å². The highest BCUT2D eigenvalue weighted by Crippen LogP contribution is 2.36. The van der Waals surface area contributed by atoms with Gasteiger partial charge in [-0.2, -0.15) is 4.98 Å². The van der Waals surface area contributed by atoms with Gasteiger partial charge in [0.15, 0.2) is 15.5 Å². The topological polar surface area (TPSA) is 185 Å². The number of anilines is 3. The number of nitrogens with one attached hydrogen (secondary N) is 1. The number of methoxy groups -OCH3 is 1. The lowest BCUT2D eigenvalue weighted by atomic mass is 10.00. The Bertz CT molecular complexity index is 2240. The highest BCUT2D eigenvalue weighted by atomic mass is 32.2. The Morgan fingerprint density at radius 3 is 2.21 bits per heavy atom. The summed E-state index contributed by atoms with van der Waals surface area (Å²) in [7, 11) is -2.34. The quantitative estimate of drug-likeness (QED) is 0.127. The van der Waals surface area contributed by atoms with Crippen molar-refractivity contribution >= 4 is 50.8 Å². The third-order valence-electron chi connectivity index (χ3n) is 7.84.